The molecule has 0 unspecified atom stereocenters. The van der Waals surface area contributed by atoms with E-state index in [9.17, 15) is 4.39 Å². The minimum atomic E-state index is -0.165. The summed E-state index contributed by atoms with van der Waals surface area (Å²) in [5.74, 6) is -0.165. The molecule has 2 heterocycles. The summed E-state index contributed by atoms with van der Waals surface area (Å²) in [5, 5.41) is 8.12. The summed E-state index contributed by atoms with van der Waals surface area (Å²) in [5.41, 5.74) is 1.01. The highest BCUT2D eigenvalue weighted by atomic mass is 79.9. The van der Waals surface area contributed by atoms with Gasteiger partial charge in [0.05, 0.1) is 17.2 Å². The van der Waals surface area contributed by atoms with Gasteiger partial charge in [0.25, 0.3) is 0 Å². The molecule has 0 aliphatic rings. The van der Waals surface area contributed by atoms with Gasteiger partial charge in [-0.15, -0.1) is 11.3 Å². The van der Waals surface area contributed by atoms with E-state index in [1.54, 1.807) is 23.6 Å². The Bertz CT molecular complexity index is 750. The Morgan fingerprint density at radius 2 is 2.30 bits per heavy atom. The van der Waals surface area contributed by atoms with Crippen LogP contribution in [0.4, 0.5) is 4.39 Å². The maximum Gasteiger partial charge on any atom is 0.132 e. The molecule has 3 rings (SSSR count). The molecule has 3 nitrogen and oxygen atoms in total. The van der Waals surface area contributed by atoms with Crippen LogP contribution in [0, 0.1) is 5.82 Å². The van der Waals surface area contributed by atoms with E-state index in [1.807, 2.05) is 24.0 Å². The van der Waals surface area contributed by atoms with Crippen LogP contribution in [0.5, 0.6) is 0 Å². The van der Waals surface area contributed by atoms with Crippen LogP contribution in [-0.2, 0) is 13.1 Å². The highest BCUT2D eigenvalue weighted by Gasteiger charge is 2.15. The predicted molar refractivity (Wildman–Crippen MR) is 83.6 cm³/mol. The first-order chi connectivity index (χ1) is 9.69. The molecule has 1 aromatic carbocycles. The zero-order valence-corrected chi connectivity index (χ0v) is 13.3. The number of aromatic nitrogens is 2. The normalized spacial score (nSPS) is 11.3. The average molecular weight is 354 g/mol. The third-order valence-electron chi connectivity index (χ3n) is 3.11. The Hall–Kier alpha value is -1.24. The molecule has 0 saturated heterocycles. The van der Waals surface area contributed by atoms with E-state index in [0.29, 0.717) is 6.54 Å². The van der Waals surface area contributed by atoms with Gasteiger partial charge in [0.15, 0.2) is 0 Å². The van der Waals surface area contributed by atoms with E-state index in [0.717, 1.165) is 31.5 Å². The van der Waals surface area contributed by atoms with Crippen molar-refractivity contribution < 1.29 is 4.39 Å². The quantitative estimate of drug-likeness (QED) is 0.773. The minimum absolute atomic E-state index is 0.165. The average Bonchev–Trinajstić information content (AvgIpc) is 2.96. The molecular weight excluding hydrogens is 341 g/mol. The Morgan fingerprint density at radius 3 is 3.00 bits per heavy atom. The summed E-state index contributed by atoms with van der Waals surface area (Å²) in [6, 6.07) is 5.23. The largest absolute Gasteiger partial charge is 0.315 e. The number of nitrogens with zero attached hydrogens (tertiary/aromatic N) is 2. The number of fused-ring (bicyclic) bond motifs is 1. The van der Waals surface area contributed by atoms with Gasteiger partial charge in [-0.3, -0.25) is 4.68 Å². The van der Waals surface area contributed by atoms with E-state index >= 15 is 0 Å². The Morgan fingerprint density at radius 1 is 1.45 bits per heavy atom. The molecule has 0 fully saturated rings. The van der Waals surface area contributed by atoms with Crippen molar-refractivity contribution in [1.29, 1.82) is 0 Å². The van der Waals surface area contributed by atoms with Crippen molar-refractivity contribution in [3.8, 4) is 0 Å². The number of rotatable bonds is 4. The Labute approximate surface area is 128 Å². The van der Waals surface area contributed by atoms with Gasteiger partial charge < -0.3 is 5.32 Å². The first kappa shape index (κ1) is 13.7. The van der Waals surface area contributed by atoms with Gasteiger partial charge in [-0.1, -0.05) is 6.07 Å². The monoisotopic (exact) mass is 353 g/mol. The number of hydrogen-bond donors (Lipinski definition) is 1. The maximum absolute atomic E-state index is 14.2. The zero-order valence-electron chi connectivity index (χ0n) is 10.9. The summed E-state index contributed by atoms with van der Waals surface area (Å²) >= 11 is 5.02. The minimum Gasteiger partial charge on any atom is -0.315 e. The molecule has 2 aromatic heterocycles. The van der Waals surface area contributed by atoms with Crippen LogP contribution >= 0.6 is 27.3 Å². The highest BCUT2D eigenvalue weighted by molar-refractivity contribution is 9.10. The van der Waals surface area contributed by atoms with Gasteiger partial charge in [-0.2, -0.15) is 5.10 Å². The van der Waals surface area contributed by atoms with Crippen LogP contribution in [0.25, 0.3) is 10.1 Å². The molecular formula is C14H13BrFN3S. The van der Waals surface area contributed by atoms with Gasteiger partial charge in [-0.05, 0) is 40.7 Å². The fraction of sp³-hybridized carbons (Fsp3) is 0.214. The summed E-state index contributed by atoms with van der Waals surface area (Å²) in [6.07, 6.45) is 3.64. The van der Waals surface area contributed by atoms with Crippen LogP contribution in [0.2, 0.25) is 0 Å². The lowest BCUT2D eigenvalue weighted by Crippen LogP contribution is -2.08. The molecule has 0 saturated carbocycles. The Balaban J connectivity index is 2.12. The van der Waals surface area contributed by atoms with Crippen LogP contribution < -0.4 is 5.32 Å². The molecule has 0 aliphatic heterocycles. The second-order valence-corrected chi connectivity index (χ2v) is 6.56. The second kappa shape index (κ2) is 5.63. The predicted octanol–water partition coefficient (Wildman–Crippen LogP) is 3.77. The molecule has 104 valence electrons. The highest BCUT2D eigenvalue weighted by Crippen LogP contribution is 2.33. The van der Waals surface area contributed by atoms with Gasteiger partial charge in [0.2, 0.25) is 0 Å². The summed E-state index contributed by atoms with van der Waals surface area (Å²) in [4.78, 5) is 1.15. The molecule has 0 bridgehead atoms. The van der Waals surface area contributed by atoms with Gasteiger partial charge in [0.1, 0.15) is 5.82 Å². The van der Waals surface area contributed by atoms with Crippen molar-refractivity contribution in [3.63, 3.8) is 0 Å². The second-order valence-electron chi connectivity index (χ2n) is 4.50. The SMILES string of the molecule is CNCc1sc2cccc(F)c2c1Cn1cc(Br)cn1. The molecule has 1 N–H and O–H groups in total. The van der Waals surface area contributed by atoms with E-state index in [2.05, 4.69) is 26.3 Å². The maximum atomic E-state index is 14.2. The van der Waals surface area contributed by atoms with Crippen molar-refractivity contribution in [1.82, 2.24) is 15.1 Å². The molecule has 0 radical (unpaired) electrons. The van der Waals surface area contributed by atoms with Gasteiger partial charge >= 0.3 is 0 Å². The fourth-order valence-corrected chi connectivity index (χ4v) is 3.84. The van der Waals surface area contributed by atoms with Gasteiger partial charge in [-0.25, -0.2) is 4.39 Å². The van der Waals surface area contributed by atoms with Crippen LogP contribution in [0.3, 0.4) is 0 Å². The number of halogens is 2. The lowest BCUT2D eigenvalue weighted by Gasteiger charge is -2.05. The summed E-state index contributed by atoms with van der Waals surface area (Å²) in [6.45, 7) is 1.31. The van der Waals surface area contributed by atoms with Crippen molar-refractivity contribution in [3.05, 3.63) is 51.3 Å². The topological polar surface area (TPSA) is 29.9 Å². The van der Waals surface area contributed by atoms with E-state index in [4.69, 9.17) is 0 Å². The third kappa shape index (κ3) is 2.51. The zero-order chi connectivity index (χ0) is 14.1. The van der Waals surface area contributed by atoms with Crippen molar-refractivity contribution >= 4 is 37.4 Å². The third-order valence-corrected chi connectivity index (χ3v) is 4.71. The molecule has 20 heavy (non-hydrogen) atoms. The lowest BCUT2D eigenvalue weighted by molar-refractivity contribution is 0.634. The number of hydrogen-bond acceptors (Lipinski definition) is 3. The van der Waals surface area contributed by atoms with E-state index in [1.165, 1.54) is 6.07 Å². The number of thiophene rings is 1. The van der Waals surface area contributed by atoms with Crippen LogP contribution in [0.15, 0.2) is 35.1 Å². The summed E-state index contributed by atoms with van der Waals surface area (Å²) in [7, 11) is 1.90. The van der Waals surface area contributed by atoms with Crippen molar-refractivity contribution in [2.24, 2.45) is 0 Å². The standard InChI is InChI=1S/C14H13BrFN3S/c1-17-6-13-10(8-19-7-9(15)5-18-19)14-11(16)3-2-4-12(14)20-13/h2-5,7,17H,6,8H2,1H3. The first-order valence-corrected chi connectivity index (χ1v) is 7.81. The van der Waals surface area contributed by atoms with E-state index < -0.39 is 0 Å². The molecule has 0 spiro atoms. The molecule has 6 heteroatoms. The molecule has 0 aliphatic carbocycles. The molecule has 0 atom stereocenters. The molecule has 0 amide bonds. The molecule has 3 aromatic rings. The Kier molecular flexibility index (Phi) is 3.87. The van der Waals surface area contributed by atoms with Crippen molar-refractivity contribution in [2.45, 2.75) is 13.1 Å². The summed E-state index contributed by atoms with van der Waals surface area (Å²) < 4.78 is 17.9. The number of benzene rings is 1. The first-order valence-electron chi connectivity index (χ1n) is 6.20. The van der Waals surface area contributed by atoms with Gasteiger partial charge in [0, 0.05) is 27.7 Å². The van der Waals surface area contributed by atoms with E-state index in [-0.39, 0.29) is 5.82 Å². The van der Waals surface area contributed by atoms with Crippen LogP contribution in [0.1, 0.15) is 10.4 Å². The smallest absolute Gasteiger partial charge is 0.132 e. The fourth-order valence-electron chi connectivity index (χ4n) is 2.27. The number of nitrogens with one attached hydrogen (secondary N) is 1. The lowest BCUT2D eigenvalue weighted by atomic mass is 10.1. The van der Waals surface area contributed by atoms with Crippen LogP contribution in [-0.4, -0.2) is 16.8 Å². The van der Waals surface area contributed by atoms with Crippen molar-refractivity contribution in [2.75, 3.05) is 7.05 Å².